The summed E-state index contributed by atoms with van der Waals surface area (Å²) in [7, 11) is -3.85. The highest BCUT2D eigenvalue weighted by Crippen LogP contribution is 2.20. The average molecular weight is 453 g/mol. The van der Waals surface area contributed by atoms with Gasteiger partial charge < -0.3 is 10.1 Å². The summed E-state index contributed by atoms with van der Waals surface area (Å²) in [4.78, 5) is 12.6. The molecule has 2 aromatic carbocycles. The number of carbonyl (C=O) groups excluding carboxylic acids is 1. The molecule has 2 rings (SSSR count). The topological polar surface area (TPSA) is 75.7 Å². The van der Waals surface area contributed by atoms with E-state index in [0.29, 0.717) is 24.6 Å². The van der Waals surface area contributed by atoms with Crippen molar-refractivity contribution in [1.82, 2.24) is 9.62 Å². The molecule has 30 heavy (non-hydrogen) atoms. The second kappa shape index (κ2) is 11.5. The molecule has 0 atom stereocenters. The molecular formula is C22H29ClN2O4S. The van der Waals surface area contributed by atoms with Crippen molar-refractivity contribution < 1.29 is 17.9 Å². The Morgan fingerprint density at radius 3 is 2.33 bits per heavy atom. The maximum Gasteiger partial charge on any atom is 0.243 e. The lowest BCUT2D eigenvalue weighted by Gasteiger charge is -2.22. The van der Waals surface area contributed by atoms with E-state index < -0.39 is 10.0 Å². The number of ether oxygens (including phenoxy) is 1. The largest absolute Gasteiger partial charge is 0.379 e. The number of hydrogen-bond donors (Lipinski definition) is 1. The Hall–Kier alpha value is -1.93. The van der Waals surface area contributed by atoms with Crippen LogP contribution in [-0.2, 0) is 26.1 Å². The highest BCUT2D eigenvalue weighted by Gasteiger charge is 2.26. The first-order chi connectivity index (χ1) is 14.2. The maximum absolute atomic E-state index is 13.2. The van der Waals surface area contributed by atoms with Gasteiger partial charge in [0.15, 0.2) is 0 Å². The van der Waals surface area contributed by atoms with E-state index in [1.54, 1.807) is 48.5 Å². The standard InChI is InChI=1S/C22H29ClN2O4S/c1-17(2)29-14-4-13-24-22(26)16-25(15-19-7-9-20(23)10-8-19)30(27,28)21-11-5-18(3)6-12-21/h5-12,17H,4,13-16H2,1-3H3,(H,24,26). The van der Waals surface area contributed by atoms with E-state index in [9.17, 15) is 13.2 Å². The van der Waals surface area contributed by atoms with Crippen molar-refractivity contribution in [3.05, 3.63) is 64.7 Å². The van der Waals surface area contributed by atoms with Crippen molar-refractivity contribution in [1.29, 1.82) is 0 Å². The summed E-state index contributed by atoms with van der Waals surface area (Å²) in [6.45, 7) is 6.53. The van der Waals surface area contributed by atoms with E-state index in [1.807, 2.05) is 20.8 Å². The number of halogens is 1. The van der Waals surface area contributed by atoms with Gasteiger partial charge in [-0.2, -0.15) is 4.31 Å². The van der Waals surface area contributed by atoms with E-state index in [-0.39, 0.29) is 30.0 Å². The summed E-state index contributed by atoms with van der Waals surface area (Å²) in [6.07, 6.45) is 0.793. The molecule has 1 amide bonds. The fourth-order valence-corrected chi connectivity index (χ4v) is 4.22. The highest BCUT2D eigenvalue weighted by molar-refractivity contribution is 7.89. The van der Waals surface area contributed by atoms with Gasteiger partial charge in [-0.15, -0.1) is 0 Å². The van der Waals surface area contributed by atoms with E-state index in [0.717, 1.165) is 11.1 Å². The molecular weight excluding hydrogens is 424 g/mol. The molecule has 8 heteroatoms. The lowest BCUT2D eigenvalue weighted by molar-refractivity contribution is -0.121. The van der Waals surface area contributed by atoms with Crippen molar-refractivity contribution in [2.24, 2.45) is 0 Å². The van der Waals surface area contributed by atoms with Crippen LogP contribution in [0.15, 0.2) is 53.4 Å². The summed E-state index contributed by atoms with van der Waals surface area (Å²) < 4.78 is 33.0. The number of rotatable bonds is 11. The summed E-state index contributed by atoms with van der Waals surface area (Å²) in [5, 5.41) is 3.33. The van der Waals surface area contributed by atoms with Crippen LogP contribution in [0.3, 0.4) is 0 Å². The van der Waals surface area contributed by atoms with Crippen LogP contribution in [0.5, 0.6) is 0 Å². The monoisotopic (exact) mass is 452 g/mol. The molecule has 0 spiro atoms. The first kappa shape index (κ1) is 24.3. The molecule has 0 aliphatic rings. The van der Waals surface area contributed by atoms with Gasteiger partial charge in [-0.3, -0.25) is 4.79 Å². The number of aryl methyl sites for hydroxylation is 1. The third kappa shape index (κ3) is 7.72. The van der Waals surface area contributed by atoms with Gasteiger partial charge in [0, 0.05) is 24.7 Å². The summed E-state index contributed by atoms with van der Waals surface area (Å²) >= 11 is 5.93. The molecule has 6 nitrogen and oxygen atoms in total. The van der Waals surface area contributed by atoms with Gasteiger partial charge in [0.05, 0.1) is 17.5 Å². The third-order valence-corrected chi connectivity index (χ3v) is 6.40. The number of nitrogens with zero attached hydrogens (tertiary/aromatic N) is 1. The molecule has 0 aliphatic carbocycles. The lowest BCUT2D eigenvalue weighted by atomic mass is 10.2. The average Bonchev–Trinajstić information content (AvgIpc) is 2.69. The predicted octanol–water partition coefficient (Wildman–Crippen LogP) is 3.77. The molecule has 0 saturated heterocycles. The van der Waals surface area contributed by atoms with Gasteiger partial charge in [-0.05, 0) is 57.0 Å². The molecule has 0 heterocycles. The zero-order valence-electron chi connectivity index (χ0n) is 17.6. The molecule has 2 aromatic rings. The minimum atomic E-state index is -3.85. The molecule has 0 radical (unpaired) electrons. The Morgan fingerprint density at radius 2 is 1.73 bits per heavy atom. The smallest absolute Gasteiger partial charge is 0.243 e. The molecule has 164 valence electrons. The van der Waals surface area contributed by atoms with Crippen molar-refractivity contribution in [2.45, 2.75) is 44.7 Å². The third-order valence-electron chi connectivity index (χ3n) is 4.35. The van der Waals surface area contributed by atoms with Crippen molar-refractivity contribution >= 4 is 27.5 Å². The Balaban J connectivity index is 2.11. The van der Waals surface area contributed by atoms with Crippen molar-refractivity contribution in [2.75, 3.05) is 19.7 Å². The molecule has 0 unspecified atom stereocenters. The number of benzene rings is 2. The van der Waals surface area contributed by atoms with Crippen LogP contribution in [0.2, 0.25) is 5.02 Å². The number of amides is 1. The Kier molecular flexibility index (Phi) is 9.30. The Bertz CT molecular complexity index is 913. The zero-order chi connectivity index (χ0) is 22.1. The molecule has 1 N–H and O–H groups in total. The number of hydrogen-bond acceptors (Lipinski definition) is 4. The minimum Gasteiger partial charge on any atom is -0.379 e. The van der Waals surface area contributed by atoms with Crippen LogP contribution in [0.25, 0.3) is 0 Å². The van der Waals surface area contributed by atoms with E-state index >= 15 is 0 Å². The number of carbonyl (C=O) groups is 1. The quantitative estimate of drug-likeness (QED) is 0.526. The van der Waals surface area contributed by atoms with Crippen LogP contribution >= 0.6 is 11.6 Å². The van der Waals surface area contributed by atoms with Crippen molar-refractivity contribution in [3.63, 3.8) is 0 Å². The van der Waals surface area contributed by atoms with Gasteiger partial charge in [0.25, 0.3) is 0 Å². The van der Waals surface area contributed by atoms with Crippen LogP contribution < -0.4 is 5.32 Å². The maximum atomic E-state index is 13.2. The second-order valence-electron chi connectivity index (χ2n) is 7.34. The number of sulfonamides is 1. The second-order valence-corrected chi connectivity index (χ2v) is 9.71. The van der Waals surface area contributed by atoms with Gasteiger partial charge in [-0.1, -0.05) is 41.4 Å². The molecule has 0 fully saturated rings. The van der Waals surface area contributed by atoms with Gasteiger partial charge in [-0.25, -0.2) is 8.42 Å². The van der Waals surface area contributed by atoms with Gasteiger partial charge >= 0.3 is 0 Å². The molecule has 0 saturated carbocycles. The zero-order valence-corrected chi connectivity index (χ0v) is 19.2. The summed E-state index contributed by atoms with van der Waals surface area (Å²) in [6, 6.07) is 13.5. The normalized spacial score (nSPS) is 11.8. The van der Waals surface area contributed by atoms with E-state index in [4.69, 9.17) is 16.3 Å². The van der Waals surface area contributed by atoms with E-state index in [1.165, 1.54) is 4.31 Å². The minimum absolute atomic E-state index is 0.0667. The fourth-order valence-electron chi connectivity index (χ4n) is 2.71. The Morgan fingerprint density at radius 1 is 1.10 bits per heavy atom. The molecule has 0 bridgehead atoms. The van der Waals surface area contributed by atoms with Crippen LogP contribution in [0.4, 0.5) is 0 Å². The fraction of sp³-hybridized carbons (Fsp3) is 0.409. The van der Waals surface area contributed by atoms with Gasteiger partial charge in [0.2, 0.25) is 15.9 Å². The molecule has 0 aromatic heterocycles. The first-order valence-electron chi connectivity index (χ1n) is 9.88. The van der Waals surface area contributed by atoms with Crippen molar-refractivity contribution in [3.8, 4) is 0 Å². The predicted molar refractivity (Wildman–Crippen MR) is 119 cm³/mol. The molecule has 0 aliphatic heterocycles. The summed E-state index contributed by atoms with van der Waals surface area (Å²) in [5.74, 6) is -0.357. The van der Waals surface area contributed by atoms with E-state index in [2.05, 4.69) is 5.32 Å². The lowest BCUT2D eigenvalue weighted by Crippen LogP contribution is -2.40. The van der Waals surface area contributed by atoms with Crippen LogP contribution in [-0.4, -0.2) is 44.4 Å². The first-order valence-corrected chi connectivity index (χ1v) is 11.7. The van der Waals surface area contributed by atoms with Crippen LogP contribution in [0.1, 0.15) is 31.4 Å². The Labute approximate surface area is 184 Å². The highest BCUT2D eigenvalue weighted by atomic mass is 35.5. The summed E-state index contributed by atoms with van der Waals surface area (Å²) in [5.41, 5.74) is 1.70. The SMILES string of the molecule is Cc1ccc(S(=O)(=O)N(CC(=O)NCCCOC(C)C)Cc2ccc(Cl)cc2)cc1. The van der Waals surface area contributed by atoms with Crippen LogP contribution in [0, 0.1) is 6.92 Å². The number of nitrogens with one attached hydrogen (secondary N) is 1. The van der Waals surface area contributed by atoms with Gasteiger partial charge in [0.1, 0.15) is 0 Å².